The molecule has 0 radical (unpaired) electrons. The molecule has 0 spiro atoms. The average molecular weight is 391 g/mol. The van der Waals surface area contributed by atoms with Crippen LogP contribution in [0.1, 0.15) is 6.42 Å². The number of nitrogens with zero attached hydrogens (tertiary/aromatic N) is 2. The summed E-state index contributed by atoms with van der Waals surface area (Å²) >= 11 is 0. The van der Waals surface area contributed by atoms with Crippen molar-refractivity contribution >= 4 is 34.1 Å². The number of rotatable bonds is 2. The molecule has 1 unspecified atom stereocenters. The SMILES string of the molecule is FC1C=c2c([nH]c3ccc(-c4nc5ccccc5nc4-c4ccccc4)cc23)=CC1. The molecule has 1 atom stereocenters. The van der Waals surface area contributed by atoms with Crippen molar-refractivity contribution in [3.63, 3.8) is 0 Å². The quantitative estimate of drug-likeness (QED) is 0.472. The van der Waals surface area contributed by atoms with Gasteiger partial charge in [-0.05, 0) is 30.3 Å². The summed E-state index contributed by atoms with van der Waals surface area (Å²) in [4.78, 5) is 13.3. The zero-order valence-electron chi connectivity index (χ0n) is 16.1. The summed E-state index contributed by atoms with van der Waals surface area (Å²) in [6, 6.07) is 24.2. The fourth-order valence-electron chi connectivity index (χ4n) is 4.20. The van der Waals surface area contributed by atoms with Gasteiger partial charge >= 0.3 is 0 Å². The summed E-state index contributed by atoms with van der Waals surface area (Å²) in [7, 11) is 0. The Morgan fingerprint density at radius 2 is 1.50 bits per heavy atom. The maximum absolute atomic E-state index is 14.0. The third-order valence-corrected chi connectivity index (χ3v) is 5.66. The predicted octanol–water partition coefficient (Wildman–Crippen LogP) is 4.75. The van der Waals surface area contributed by atoms with Gasteiger partial charge in [-0.3, -0.25) is 0 Å². The van der Waals surface area contributed by atoms with Crippen LogP contribution in [0.25, 0.3) is 56.6 Å². The Morgan fingerprint density at radius 1 is 0.800 bits per heavy atom. The Bertz CT molecular complexity index is 1530. The highest BCUT2D eigenvalue weighted by Gasteiger charge is 2.15. The molecule has 144 valence electrons. The highest BCUT2D eigenvalue weighted by Crippen LogP contribution is 2.31. The second kappa shape index (κ2) is 6.63. The molecule has 3 aromatic carbocycles. The largest absolute Gasteiger partial charge is 0.355 e. The molecule has 5 aromatic rings. The molecule has 0 saturated carbocycles. The van der Waals surface area contributed by atoms with E-state index in [4.69, 9.17) is 9.97 Å². The van der Waals surface area contributed by atoms with Gasteiger partial charge < -0.3 is 4.98 Å². The summed E-state index contributed by atoms with van der Waals surface area (Å²) in [5, 5.41) is 2.93. The normalized spacial score (nSPS) is 15.6. The lowest BCUT2D eigenvalue weighted by molar-refractivity contribution is 0.428. The van der Waals surface area contributed by atoms with Gasteiger partial charge in [-0.1, -0.05) is 54.6 Å². The molecule has 6 rings (SSSR count). The first-order chi connectivity index (χ1) is 14.8. The summed E-state index contributed by atoms with van der Waals surface area (Å²) in [5.74, 6) is 0. The molecule has 0 amide bonds. The Kier molecular flexibility index (Phi) is 3.78. The second-order valence-electron chi connectivity index (χ2n) is 7.61. The molecule has 0 aliphatic heterocycles. The van der Waals surface area contributed by atoms with Crippen molar-refractivity contribution < 1.29 is 4.39 Å². The third-order valence-electron chi connectivity index (χ3n) is 5.66. The van der Waals surface area contributed by atoms with Gasteiger partial charge in [0, 0.05) is 39.0 Å². The van der Waals surface area contributed by atoms with E-state index in [1.807, 2.05) is 54.6 Å². The first-order valence-electron chi connectivity index (χ1n) is 10.1. The Balaban J connectivity index is 1.66. The number of hydrogen-bond donors (Lipinski definition) is 1. The lowest BCUT2D eigenvalue weighted by Gasteiger charge is -2.11. The Morgan fingerprint density at radius 3 is 2.27 bits per heavy atom. The van der Waals surface area contributed by atoms with Crippen LogP contribution in [0.4, 0.5) is 4.39 Å². The number of hydrogen-bond acceptors (Lipinski definition) is 2. The van der Waals surface area contributed by atoms with E-state index in [2.05, 4.69) is 29.2 Å². The molecular formula is C26H18FN3. The van der Waals surface area contributed by atoms with Crippen LogP contribution in [0.15, 0.2) is 72.8 Å². The molecule has 1 aliphatic carbocycles. The van der Waals surface area contributed by atoms with Gasteiger partial charge in [0.25, 0.3) is 0 Å². The van der Waals surface area contributed by atoms with E-state index < -0.39 is 6.17 Å². The predicted molar refractivity (Wildman–Crippen MR) is 120 cm³/mol. The molecule has 3 nitrogen and oxygen atoms in total. The van der Waals surface area contributed by atoms with Crippen LogP contribution in [-0.2, 0) is 0 Å². The van der Waals surface area contributed by atoms with E-state index in [-0.39, 0.29) is 0 Å². The van der Waals surface area contributed by atoms with Gasteiger partial charge in [-0.2, -0.15) is 0 Å². The van der Waals surface area contributed by atoms with Gasteiger partial charge in [0.05, 0.1) is 22.4 Å². The number of para-hydroxylation sites is 2. The maximum atomic E-state index is 14.0. The maximum Gasteiger partial charge on any atom is 0.123 e. The Labute approximate surface area is 172 Å². The molecule has 2 aromatic heterocycles. The number of nitrogens with one attached hydrogen (secondary N) is 1. The van der Waals surface area contributed by atoms with Gasteiger partial charge in [0.1, 0.15) is 6.17 Å². The first-order valence-corrected chi connectivity index (χ1v) is 10.1. The molecular weight excluding hydrogens is 373 g/mol. The molecule has 4 heteroatoms. The molecule has 30 heavy (non-hydrogen) atoms. The number of alkyl halides is 1. The van der Waals surface area contributed by atoms with E-state index in [0.29, 0.717) is 6.42 Å². The van der Waals surface area contributed by atoms with Crippen molar-refractivity contribution in [1.29, 1.82) is 0 Å². The highest BCUT2D eigenvalue weighted by atomic mass is 19.1. The molecule has 2 heterocycles. The highest BCUT2D eigenvalue weighted by molar-refractivity contribution is 5.91. The zero-order chi connectivity index (χ0) is 20.1. The van der Waals surface area contributed by atoms with Gasteiger partial charge in [-0.15, -0.1) is 0 Å². The number of halogens is 1. The molecule has 1 N–H and O–H groups in total. The molecule has 0 bridgehead atoms. The van der Waals surface area contributed by atoms with E-state index in [1.165, 1.54) is 0 Å². The van der Waals surface area contributed by atoms with Crippen molar-refractivity contribution in [3.8, 4) is 22.5 Å². The van der Waals surface area contributed by atoms with Crippen LogP contribution >= 0.6 is 0 Å². The molecule has 0 saturated heterocycles. The van der Waals surface area contributed by atoms with E-state index >= 15 is 0 Å². The minimum Gasteiger partial charge on any atom is -0.355 e. The van der Waals surface area contributed by atoms with Crippen molar-refractivity contribution in [2.75, 3.05) is 0 Å². The van der Waals surface area contributed by atoms with Gasteiger partial charge in [0.2, 0.25) is 0 Å². The van der Waals surface area contributed by atoms with Crippen molar-refractivity contribution in [1.82, 2.24) is 15.0 Å². The third kappa shape index (κ3) is 2.72. The fraction of sp³-hybridized carbons (Fsp3) is 0.0769. The van der Waals surface area contributed by atoms with Gasteiger partial charge in [0.15, 0.2) is 0 Å². The standard InChI is InChI=1S/C26H18FN3/c27-18-11-13-22-20(15-18)19-14-17(10-12-21(19)28-22)26-25(16-6-2-1-3-7-16)29-23-8-4-5-9-24(23)30-26/h1-10,12-15,18,28H,11H2. The minimum atomic E-state index is -0.944. The monoisotopic (exact) mass is 391 g/mol. The number of benzene rings is 3. The zero-order valence-corrected chi connectivity index (χ0v) is 16.1. The van der Waals surface area contributed by atoms with Gasteiger partial charge in [-0.25, -0.2) is 14.4 Å². The van der Waals surface area contributed by atoms with Crippen LogP contribution in [0.5, 0.6) is 0 Å². The lowest BCUT2D eigenvalue weighted by Crippen LogP contribution is -2.28. The number of fused-ring (bicyclic) bond motifs is 4. The van der Waals surface area contributed by atoms with Crippen molar-refractivity contribution in [2.24, 2.45) is 0 Å². The lowest BCUT2D eigenvalue weighted by atomic mass is 10.0. The fourth-order valence-corrected chi connectivity index (χ4v) is 4.20. The van der Waals surface area contributed by atoms with Crippen LogP contribution in [-0.4, -0.2) is 21.1 Å². The second-order valence-corrected chi connectivity index (χ2v) is 7.61. The summed E-state index contributed by atoms with van der Waals surface area (Å²) < 4.78 is 14.0. The van der Waals surface area contributed by atoms with Crippen LogP contribution in [0, 0.1) is 0 Å². The topological polar surface area (TPSA) is 41.6 Å². The smallest absolute Gasteiger partial charge is 0.123 e. The summed E-state index contributed by atoms with van der Waals surface area (Å²) in [6.07, 6.45) is 3.12. The molecule has 0 fully saturated rings. The summed E-state index contributed by atoms with van der Waals surface area (Å²) in [5.41, 5.74) is 6.38. The van der Waals surface area contributed by atoms with Crippen LogP contribution in [0.2, 0.25) is 0 Å². The van der Waals surface area contributed by atoms with E-state index in [0.717, 1.165) is 55.0 Å². The Hall–Kier alpha value is -3.79. The van der Waals surface area contributed by atoms with Crippen LogP contribution < -0.4 is 10.6 Å². The summed E-state index contributed by atoms with van der Waals surface area (Å²) in [6.45, 7) is 0. The number of aromatic nitrogens is 3. The van der Waals surface area contributed by atoms with E-state index in [1.54, 1.807) is 6.08 Å². The van der Waals surface area contributed by atoms with Crippen molar-refractivity contribution in [2.45, 2.75) is 12.6 Å². The molecule has 1 aliphatic rings. The number of aromatic amines is 1. The first kappa shape index (κ1) is 17.1. The average Bonchev–Trinajstić information content (AvgIpc) is 3.16. The number of H-pyrrole nitrogens is 1. The van der Waals surface area contributed by atoms with Crippen molar-refractivity contribution in [3.05, 3.63) is 83.4 Å². The minimum absolute atomic E-state index is 0.418. The van der Waals surface area contributed by atoms with E-state index in [9.17, 15) is 4.39 Å². The van der Waals surface area contributed by atoms with Crippen LogP contribution in [0.3, 0.4) is 0 Å².